The van der Waals surface area contributed by atoms with Gasteiger partial charge in [-0.3, -0.25) is 9.88 Å². The van der Waals surface area contributed by atoms with Crippen LogP contribution in [0.25, 0.3) is 22.5 Å². The molecule has 7 nitrogen and oxygen atoms in total. The minimum atomic E-state index is -0.211. The monoisotopic (exact) mass is 416 g/mol. The van der Waals surface area contributed by atoms with Crippen LogP contribution in [0.1, 0.15) is 11.7 Å². The summed E-state index contributed by atoms with van der Waals surface area (Å²) in [6, 6.07) is 16.2. The van der Waals surface area contributed by atoms with Crippen molar-refractivity contribution in [1.82, 2.24) is 29.6 Å². The minimum Gasteiger partial charge on any atom is -0.395 e. The lowest BCUT2D eigenvalue weighted by atomic mass is 10.0. The molecule has 0 fully saturated rings. The molecule has 1 aliphatic rings. The van der Waals surface area contributed by atoms with E-state index in [9.17, 15) is 5.11 Å². The molecule has 0 spiro atoms. The topological polar surface area (TPSA) is 80.0 Å². The molecule has 30 heavy (non-hydrogen) atoms. The van der Waals surface area contributed by atoms with Gasteiger partial charge in [0.15, 0.2) is 11.0 Å². The molecule has 0 bridgehead atoms. The van der Waals surface area contributed by atoms with E-state index in [1.165, 1.54) is 11.8 Å². The third kappa shape index (κ3) is 3.39. The van der Waals surface area contributed by atoms with E-state index in [1.807, 2.05) is 48.3 Å². The van der Waals surface area contributed by atoms with Crippen LogP contribution < -0.4 is 0 Å². The van der Waals surface area contributed by atoms with Crippen molar-refractivity contribution >= 4 is 11.8 Å². The maximum Gasteiger partial charge on any atom is 0.194 e. The van der Waals surface area contributed by atoms with Crippen LogP contribution in [0.15, 0.2) is 77.3 Å². The van der Waals surface area contributed by atoms with Gasteiger partial charge in [-0.05, 0) is 42.6 Å². The van der Waals surface area contributed by atoms with Crippen LogP contribution in [0.2, 0.25) is 0 Å². The molecular formula is C22H20N6OS. The van der Waals surface area contributed by atoms with E-state index < -0.39 is 0 Å². The van der Waals surface area contributed by atoms with Crippen LogP contribution in [-0.2, 0) is 0 Å². The zero-order valence-electron chi connectivity index (χ0n) is 16.4. The van der Waals surface area contributed by atoms with Crippen molar-refractivity contribution in [2.45, 2.75) is 16.3 Å². The highest BCUT2D eigenvalue weighted by molar-refractivity contribution is 7.99. The fraction of sp³-hybridized carbons (Fsp3) is 0.182. The Morgan fingerprint density at radius 2 is 1.90 bits per heavy atom. The summed E-state index contributed by atoms with van der Waals surface area (Å²) in [7, 11) is 1.98. The van der Waals surface area contributed by atoms with Gasteiger partial charge in [0.1, 0.15) is 11.2 Å². The first-order chi connectivity index (χ1) is 14.7. The SMILES string of the molecule is CN(CCO)[C@@H]1c2cc(-c3ccccc3)cnc2Sc2nc(-c3cccnc3)nn21. The van der Waals surface area contributed by atoms with Crippen molar-refractivity contribution in [1.29, 1.82) is 0 Å². The molecule has 0 amide bonds. The summed E-state index contributed by atoms with van der Waals surface area (Å²) < 4.78 is 1.92. The lowest BCUT2D eigenvalue weighted by Gasteiger charge is -2.32. The van der Waals surface area contributed by atoms with E-state index in [0.29, 0.717) is 12.4 Å². The van der Waals surface area contributed by atoms with Gasteiger partial charge < -0.3 is 5.11 Å². The van der Waals surface area contributed by atoms with Crippen molar-refractivity contribution in [2.75, 3.05) is 20.2 Å². The van der Waals surface area contributed by atoms with Crippen molar-refractivity contribution in [3.05, 3.63) is 72.7 Å². The lowest BCUT2D eigenvalue weighted by molar-refractivity contribution is 0.144. The third-order valence-corrected chi connectivity index (χ3v) is 6.07. The van der Waals surface area contributed by atoms with Gasteiger partial charge in [-0.15, -0.1) is 5.10 Å². The Hall–Kier alpha value is -3.07. The third-order valence-electron chi connectivity index (χ3n) is 5.07. The number of aliphatic hydroxyl groups excluding tert-OH is 1. The summed E-state index contributed by atoms with van der Waals surface area (Å²) in [6.07, 6.45) is 5.18. The van der Waals surface area contributed by atoms with Crippen molar-refractivity contribution in [3.8, 4) is 22.5 Å². The first-order valence-corrected chi connectivity index (χ1v) is 10.5. The fourth-order valence-electron chi connectivity index (χ4n) is 3.61. The van der Waals surface area contributed by atoms with E-state index in [4.69, 9.17) is 15.1 Å². The molecule has 3 aromatic heterocycles. The lowest BCUT2D eigenvalue weighted by Crippen LogP contribution is -2.35. The molecule has 8 heteroatoms. The zero-order valence-corrected chi connectivity index (χ0v) is 17.2. The standard InChI is InChI=1S/C22H20N6OS/c1-27(10-11-29)21-18-12-17(15-6-3-2-4-7-15)14-24-20(18)30-22-25-19(26-28(21)22)16-8-5-9-23-13-16/h2-9,12-14,21,29H,10-11H2,1H3/t21-/m0/s1. The molecule has 0 unspecified atom stereocenters. The zero-order chi connectivity index (χ0) is 20.5. The predicted octanol–water partition coefficient (Wildman–Crippen LogP) is 3.34. The molecule has 0 aliphatic carbocycles. The number of likely N-dealkylation sites (N-methyl/N-ethyl adjacent to an activating group) is 1. The minimum absolute atomic E-state index is 0.0563. The van der Waals surface area contributed by atoms with Crippen molar-refractivity contribution in [3.63, 3.8) is 0 Å². The van der Waals surface area contributed by atoms with Gasteiger partial charge in [0, 0.05) is 41.8 Å². The largest absolute Gasteiger partial charge is 0.395 e. The highest BCUT2D eigenvalue weighted by Gasteiger charge is 2.33. The summed E-state index contributed by atoms with van der Waals surface area (Å²) in [5.41, 5.74) is 4.08. The normalized spacial score (nSPS) is 15.1. The summed E-state index contributed by atoms with van der Waals surface area (Å²) in [5, 5.41) is 16.0. The Morgan fingerprint density at radius 3 is 2.67 bits per heavy atom. The summed E-state index contributed by atoms with van der Waals surface area (Å²) in [6.45, 7) is 0.562. The number of hydrogen-bond acceptors (Lipinski definition) is 7. The number of rotatable bonds is 5. The van der Waals surface area contributed by atoms with Crippen LogP contribution in [0.4, 0.5) is 0 Å². The molecule has 5 rings (SSSR count). The van der Waals surface area contributed by atoms with Gasteiger partial charge >= 0.3 is 0 Å². The van der Waals surface area contributed by atoms with E-state index in [2.05, 4.69) is 28.1 Å². The van der Waals surface area contributed by atoms with Crippen LogP contribution >= 0.6 is 11.8 Å². The van der Waals surface area contributed by atoms with E-state index in [-0.39, 0.29) is 12.8 Å². The second kappa shape index (κ2) is 7.98. The molecule has 1 aromatic carbocycles. The molecule has 1 atom stereocenters. The maximum absolute atomic E-state index is 9.56. The van der Waals surface area contributed by atoms with Crippen LogP contribution in [0, 0.1) is 0 Å². The molecule has 0 saturated carbocycles. The van der Waals surface area contributed by atoms with Gasteiger partial charge in [-0.2, -0.15) is 0 Å². The van der Waals surface area contributed by atoms with Crippen molar-refractivity contribution in [2.24, 2.45) is 0 Å². The average Bonchev–Trinajstić information content (AvgIpc) is 3.22. The second-order valence-corrected chi connectivity index (χ2v) is 8.02. The van der Waals surface area contributed by atoms with Crippen LogP contribution in [0.5, 0.6) is 0 Å². The Morgan fingerprint density at radius 1 is 1.07 bits per heavy atom. The maximum atomic E-state index is 9.56. The first kappa shape index (κ1) is 18.9. The number of benzene rings is 1. The average molecular weight is 417 g/mol. The van der Waals surface area contributed by atoms with E-state index in [1.54, 1.807) is 12.4 Å². The van der Waals surface area contributed by atoms with Gasteiger partial charge in [0.25, 0.3) is 0 Å². The number of hydrogen-bond donors (Lipinski definition) is 1. The number of pyridine rings is 2. The van der Waals surface area contributed by atoms with E-state index >= 15 is 0 Å². The molecular weight excluding hydrogens is 396 g/mol. The first-order valence-electron chi connectivity index (χ1n) is 9.66. The number of nitrogens with zero attached hydrogens (tertiary/aromatic N) is 6. The smallest absolute Gasteiger partial charge is 0.194 e. The second-order valence-electron chi connectivity index (χ2n) is 7.07. The van der Waals surface area contributed by atoms with Crippen LogP contribution in [-0.4, -0.2) is 54.9 Å². The quantitative estimate of drug-likeness (QED) is 0.534. The molecule has 1 aliphatic heterocycles. The Labute approximate surface area is 178 Å². The molecule has 0 radical (unpaired) electrons. The van der Waals surface area contributed by atoms with Gasteiger partial charge in [0.2, 0.25) is 0 Å². The van der Waals surface area contributed by atoms with Gasteiger partial charge in [0.05, 0.1) is 6.61 Å². The van der Waals surface area contributed by atoms with Gasteiger partial charge in [-0.25, -0.2) is 14.6 Å². The Bertz CT molecular complexity index is 1160. The molecule has 0 saturated heterocycles. The molecule has 1 N–H and O–H groups in total. The highest BCUT2D eigenvalue weighted by Crippen LogP contribution is 2.42. The summed E-state index contributed by atoms with van der Waals surface area (Å²) in [5.74, 6) is 0.629. The molecule has 4 heterocycles. The predicted molar refractivity (Wildman–Crippen MR) is 115 cm³/mol. The fourth-order valence-corrected chi connectivity index (χ4v) is 4.53. The summed E-state index contributed by atoms with van der Waals surface area (Å²) >= 11 is 1.51. The molecule has 4 aromatic rings. The number of fused-ring (bicyclic) bond motifs is 2. The van der Waals surface area contributed by atoms with Gasteiger partial charge in [-0.1, -0.05) is 30.3 Å². The summed E-state index contributed by atoms with van der Waals surface area (Å²) in [4.78, 5) is 15.7. The van der Waals surface area contributed by atoms with E-state index in [0.717, 1.165) is 32.4 Å². The number of aliphatic hydroxyl groups is 1. The Kier molecular flexibility index (Phi) is 5.04. The highest BCUT2D eigenvalue weighted by atomic mass is 32.2. The number of aromatic nitrogens is 5. The molecule has 150 valence electrons. The Balaban J connectivity index is 1.62. The van der Waals surface area contributed by atoms with Crippen LogP contribution in [0.3, 0.4) is 0 Å². The van der Waals surface area contributed by atoms with Crippen molar-refractivity contribution < 1.29 is 5.11 Å².